The quantitative estimate of drug-likeness (QED) is 0.612. The van der Waals surface area contributed by atoms with Gasteiger partial charge in [-0.3, -0.25) is 0 Å². The summed E-state index contributed by atoms with van der Waals surface area (Å²) in [6.45, 7) is 2.07. The molecule has 4 aromatic rings. The van der Waals surface area contributed by atoms with Crippen LogP contribution < -0.4 is 4.90 Å². The molecule has 0 atom stereocenters. The van der Waals surface area contributed by atoms with Crippen LogP contribution >= 0.6 is 0 Å². The number of aromatic hydroxyl groups is 1. The third-order valence-electron chi connectivity index (χ3n) is 4.22. The second-order valence-corrected chi connectivity index (χ2v) is 6.05. The first-order chi connectivity index (χ1) is 12.1. The Labute approximate surface area is 145 Å². The Morgan fingerprint density at radius 3 is 2.64 bits per heavy atom. The van der Waals surface area contributed by atoms with Gasteiger partial charge in [0.15, 0.2) is 5.65 Å². The zero-order valence-electron chi connectivity index (χ0n) is 14.1. The van der Waals surface area contributed by atoms with E-state index >= 15 is 0 Å². The summed E-state index contributed by atoms with van der Waals surface area (Å²) < 4.78 is 1.81. The minimum atomic E-state index is 0.223. The predicted molar refractivity (Wildman–Crippen MR) is 99.3 cm³/mol. The maximum atomic E-state index is 9.78. The van der Waals surface area contributed by atoms with Crippen LogP contribution in [0, 0.1) is 6.92 Å². The predicted octanol–water partition coefficient (Wildman–Crippen LogP) is 4.18. The maximum Gasteiger partial charge on any atom is 0.158 e. The number of anilines is 2. The maximum absolute atomic E-state index is 9.78. The van der Waals surface area contributed by atoms with Gasteiger partial charge in [0.05, 0.1) is 11.9 Å². The van der Waals surface area contributed by atoms with E-state index in [4.69, 9.17) is 0 Å². The number of rotatable bonds is 3. The van der Waals surface area contributed by atoms with Gasteiger partial charge in [0.2, 0.25) is 0 Å². The molecule has 0 amide bonds. The zero-order valence-corrected chi connectivity index (χ0v) is 14.1. The number of hydrogen-bond acceptors (Lipinski definition) is 4. The van der Waals surface area contributed by atoms with Crippen LogP contribution in [0.1, 0.15) is 5.56 Å². The highest BCUT2D eigenvalue weighted by Crippen LogP contribution is 2.29. The molecule has 0 saturated carbocycles. The number of hydrogen-bond donors (Lipinski definition) is 1. The van der Waals surface area contributed by atoms with Gasteiger partial charge in [-0.25, -0.2) is 4.98 Å². The Kier molecular flexibility index (Phi) is 3.61. The number of fused-ring (bicyclic) bond motifs is 1. The number of phenols is 1. The third kappa shape index (κ3) is 2.80. The lowest BCUT2D eigenvalue weighted by Gasteiger charge is -2.21. The number of benzene rings is 2. The minimum Gasteiger partial charge on any atom is -0.508 e. The summed E-state index contributed by atoms with van der Waals surface area (Å²) in [7, 11) is 2.01. The van der Waals surface area contributed by atoms with E-state index in [1.165, 1.54) is 5.56 Å². The average molecular weight is 330 g/mol. The van der Waals surface area contributed by atoms with Crippen molar-refractivity contribution in [3.63, 3.8) is 0 Å². The molecule has 0 unspecified atom stereocenters. The summed E-state index contributed by atoms with van der Waals surface area (Å²) in [5, 5.41) is 14.2. The fourth-order valence-electron chi connectivity index (χ4n) is 2.92. The summed E-state index contributed by atoms with van der Waals surface area (Å²) in [5.74, 6) is 1.13. The largest absolute Gasteiger partial charge is 0.508 e. The van der Waals surface area contributed by atoms with E-state index in [9.17, 15) is 5.11 Å². The molecule has 0 aliphatic rings. The Bertz CT molecular complexity index is 1050. The standard InChI is InChI=1S/C20H18N4O/c1-14-5-3-7-16(11-14)23(2)20-13-18(15-6-4-8-17(25)12-15)22-19-9-10-21-24(19)20/h3-13,25H,1-2H3. The third-order valence-corrected chi connectivity index (χ3v) is 4.22. The molecular formula is C20H18N4O. The van der Waals surface area contributed by atoms with Crippen molar-refractivity contribution in [2.45, 2.75) is 6.92 Å². The monoisotopic (exact) mass is 330 g/mol. The van der Waals surface area contributed by atoms with Crippen molar-refractivity contribution in [1.82, 2.24) is 14.6 Å². The lowest BCUT2D eigenvalue weighted by atomic mass is 10.1. The summed E-state index contributed by atoms with van der Waals surface area (Å²) in [6, 6.07) is 19.3. The first-order valence-corrected chi connectivity index (χ1v) is 8.06. The molecule has 0 aliphatic heterocycles. The van der Waals surface area contributed by atoms with Crippen molar-refractivity contribution in [2.75, 3.05) is 11.9 Å². The second-order valence-electron chi connectivity index (χ2n) is 6.05. The molecule has 2 aromatic heterocycles. The molecule has 124 valence electrons. The van der Waals surface area contributed by atoms with E-state index in [2.05, 4.69) is 40.1 Å². The van der Waals surface area contributed by atoms with Crippen molar-refractivity contribution in [3.8, 4) is 17.0 Å². The van der Waals surface area contributed by atoms with E-state index in [0.717, 1.165) is 28.4 Å². The summed E-state index contributed by atoms with van der Waals surface area (Å²) in [4.78, 5) is 6.75. The number of aromatic nitrogens is 3. The van der Waals surface area contributed by atoms with Crippen LogP contribution in [0.3, 0.4) is 0 Å². The topological polar surface area (TPSA) is 53.7 Å². The highest BCUT2D eigenvalue weighted by atomic mass is 16.3. The molecule has 2 heterocycles. The van der Waals surface area contributed by atoms with Gasteiger partial charge in [0, 0.05) is 30.4 Å². The van der Waals surface area contributed by atoms with Crippen LogP contribution in [0.5, 0.6) is 5.75 Å². The normalized spacial score (nSPS) is 11.0. The van der Waals surface area contributed by atoms with Crippen molar-refractivity contribution >= 4 is 17.2 Å². The van der Waals surface area contributed by atoms with Gasteiger partial charge in [-0.15, -0.1) is 0 Å². The van der Waals surface area contributed by atoms with E-state index in [1.54, 1.807) is 18.3 Å². The van der Waals surface area contributed by atoms with Crippen molar-refractivity contribution < 1.29 is 5.11 Å². The molecule has 4 rings (SSSR count). The lowest BCUT2D eigenvalue weighted by molar-refractivity contribution is 0.475. The Hall–Kier alpha value is -3.34. The highest BCUT2D eigenvalue weighted by molar-refractivity contribution is 5.71. The van der Waals surface area contributed by atoms with Gasteiger partial charge in [0.25, 0.3) is 0 Å². The molecule has 25 heavy (non-hydrogen) atoms. The fraction of sp³-hybridized carbons (Fsp3) is 0.100. The van der Waals surface area contributed by atoms with Crippen LogP contribution in [0.15, 0.2) is 66.9 Å². The molecule has 0 radical (unpaired) electrons. The number of nitrogens with zero attached hydrogens (tertiary/aromatic N) is 4. The van der Waals surface area contributed by atoms with Gasteiger partial charge in [-0.2, -0.15) is 9.61 Å². The zero-order chi connectivity index (χ0) is 17.4. The SMILES string of the molecule is Cc1cccc(N(C)c2cc(-c3cccc(O)c3)nc3ccnn23)c1. The van der Waals surface area contributed by atoms with Crippen molar-refractivity contribution in [2.24, 2.45) is 0 Å². The molecule has 0 saturated heterocycles. The lowest BCUT2D eigenvalue weighted by Crippen LogP contribution is -2.14. The first kappa shape index (κ1) is 15.2. The van der Waals surface area contributed by atoms with Gasteiger partial charge in [0.1, 0.15) is 11.6 Å². The summed E-state index contributed by atoms with van der Waals surface area (Å²) >= 11 is 0. The molecule has 0 spiro atoms. The van der Waals surface area contributed by atoms with Gasteiger partial charge in [-0.1, -0.05) is 24.3 Å². The van der Waals surface area contributed by atoms with Crippen molar-refractivity contribution in [1.29, 1.82) is 0 Å². The van der Waals surface area contributed by atoms with E-state index in [-0.39, 0.29) is 5.75 Å². The smallest absolute Gasteiger partial charge is 0.158 e. The molecule has 2 aromatic carbocycles. The van der Waals surface area contributed by atoms with Gasteiger partial charge >= 0.3 is 0 Å². The summed E-state index contributed by atoms with van der Waals surface area (Å²) in [5.41, 5.74) is 4.68. The Balaban J connectivity index is 1.89. The van der Waals surface area contributed by atoms with E-state index < -0.39 is 0 Å². The van der Waals surface area contributed by atoms with E-state index in [0.29, 0.717) is 0 Å². The first-order valence-electron chi connectivity index (χ1n) is 8.06. The number of aryl methyl sites for hydroxylation is 1. The minimum absolute atomic E-state index is 0.223. The molecule has 0 aliphatic carbocycles. The van der Waals surface area contributed by atoms with Crippen LogP contribution in [0.2, 0.25) is 0 Å². The van der Waals surface area contributed by atoms with Gasteiger partial charge in [-0.05, 0) is 36.8 Å². The number of phenolic OH excluding ortho intramolecular Hbond substituents is 1. The summed E-state index contributed by atoms with van der Waals surface area (Å²) in [6.07, 6.45) is 1.74. The Morgan fingerprint density at radius 1 is 1.00 bits per heavy atom. The molecule has 0 bridgehead atoms. The fourth-order valence-corrected chi connectivity index (χ4v) is 2.92. The molecule has 5 heteroatoms. The van der Waals surface area contributed by atoms with Gasteiger partial charge < -0.3 is 10.0 Å². The molecule has 5 nitrogen and oxygen atoms in total. The van der Waals surface area contributed by atoms with Crippen LogP contribution in [0.4, 0.5) is 11.5 Å². The van der Waals surface area contributed by atoms with E-state index in [1.807, 2.05) is 41.9 Å². The van der Waals surface area contributed by atoms with Crippen LogP contribution in [0.25, 0.3) is 16.9 Å². The average Bonchev–Trinajstić information content (AvgIpc) is 3.09. The molecule has 0 fully saturated rings. The van der Waals surface area contributed by atoms with Crippen LogP contribution in [-0.4, -0.2) is 26.8 Å². The van der Waals surface area contributed by atoms with Crippen LogP contribution in [-0.2, 0) is 0 Å². The van der Waals surface area contributed by atoms with Crippen molar-refractivity contribution in [3.05, 3.63) is 72.4 Å². The second kappa shape index (κ2) is 5.94. The molecular weight excluding hydrogens is 312 g/mol. The Morgan fingerprint density at radius 2 is 1.84 bits per heavy atom. The highest BCUT2D eigenvalue weighted by Gasteiger charge is 2.13. The molecule has 1 N–H and O–H groups in total.